The zero-order valence-electron chi connectivity index (χ0n) is 24.6. The normalized spacial score (nSPS) is 17.1. The Hall–Kier alpha value is -4.29. The van der Waals surface area contributed by atoms with E-state index in [0.29, 0.717) is 78.8 Å². The molecule has 0 amide bonds. The van der Waals surface area contributed by atoms with E-state index in [2.05, 4.69) is 20.3 Å². The Morgan fingerprint density at radius 2 is 1.49 bits per heavy atom. The molecule has 1 fully saturated rings. The molecule has 1 aliphatic rings. The number of aromatic nitrogens is 5. The fourth-order valence-electron chi connectivity index (χ4n) is 5.81. The average Bonchev–Trinajstić information content (AvgIpc) is 3.45. The van der Waals surface area contributed by atoms with Crippen molar-refractivity contribution in [2.75, 3.05) is 33.3 Å². The van der Waals surface area contributed by atoms with Gasteiger partial charge in [-0.05, 0) is 49.4 Å². The summed E-state index contributed by atoms with van der Waals surface area (Å²) in [6.45, 7) is 0.747. The third-order valence-corrected chi connectivity index (χ3v) is 7.87. The van der Waals surface area contributed by atoms with E-state index in [1.807, 2.05) is 41.3 Å². The number of benzene rings is 2. The first-order chi connectivity index (χ1) is 20.7. The molecule has 0 saturated heterocycles. The van der Waals surface area contributed by atoms with Crippen LogP contribution in [0.2, 0.25) is 0 Å². The van der Waals surface area contributed by atoms with Crippen molar-refractivity contribution in [2.24, 2.45) is 5.92 Å². The fourth-order valence-corrected chi connectivity index (χ4v) is 5.81. The highest BCUT2D eigenvalue weighted by molar-refractivity contribution is 5.82. The molecule has 13 heteroatoms. The number of fused-ring (bicyclic) bond motifs is 1. The minimum atomic E-state index is -4.20. The second-order valence-electron chi connectivity index (χ2n) is 10.6. The Kier molecular flexibility index (Phi) is 9.07. The van der Waals surface area contributed by atoms with Gasteiger partial charge in [0.2, 0.25) is 0 Å². The molecule has 4 aromatic rings. The highest BCUT2D eigenvalue weighted by atomic mass is 19.4. The van der Waals surface area contributed by atoms with Gasteiger partial charge in [0.1, 0.15) is 29.3 Å². The van der Waals surface area contributed by atoms with E-state index in [-0.39, 0.29) is 6.04 Å². The first-order valence-corrected chi connectivity index (χ1v) is 14.0. The lowest BCUT2D eigenvalue weighted by molar-refractivity contribution is -0.147. The number of methoxy groups -OCH3 is 4. The van der Waals surface area contributed by atoms with Crippen molar-refractivity contribution in [1.29, 1.82) is 0 Å². The van der Waals surface area contributed by atoms with Crippen LogP contribution in [-0.4, -0.2) is 59.6 Å². The Bertz CT molecular complexity index is 1490. The third kappa shape index (κ3) is 6.86. The summed E-state index contributed by atoms with van der Waals surface area (Å²) in [6, 6.07) is 11.0. The summed E-state index contributed by atoms with van der Waals surface area (Å²) >= 11 is 0. The number of ether oxygens (including phenoxy) is 4. The SMILES string of the molecule is COc1ccc(CN(Cc2ccc(OC)cc2OC)c2ncnc3c2nnn3C2CCCC(CC(F)(F)F)C2)c(OC)c1. The van der Waals surface area contributed by atoms with Gasteiger partial charge in [-0.25, -0.2) is 14.6 Å². The zero-order valence-corrected chi connectivity index (χ0v) is 24.6. The van der Waals surface area contributed by atoms with Crippen molar-refractivity contribution in [3.63, 3.8) is 0 Å². The average molecular weight is 601 g/mol. The smallest absolute Gasteiger partial charge is 0.389 e. The van der Waals surface area contributed by atoms with Gasteiger partial charge in [-0.2, -0.15) is 13.2 Å². The summed E-state index contributed by atoms with van der Waals surface area (Å²) in [7, 11) is 6.38. The number of nitrogens with zero attached hydrogens (tertiary/aromatic N) is 6. The van der Waals surface area contributed by atoms with Gasteiger partial charge in [0.25, 0.3) is 0 Å². The van der Waals surface area contributed by atoms with Gasteiger partial charge in [0.15, 0.2) is 17.0 Å². The van der Waals surface area contributed by atoms with Crippen molar-refractivity contribution >= 4 is 17.0 Å². The molecule has 0 radical (unpaired) electrons. The van der Waals surface area contributed by atoms with Crippen molar-refractivity contribution in [3.05, 3.63) is 53.9 Å². The predicted molar refractivity (Wildman–Crippen MR) is 154 cm³/mol. The van der Waals surface area contributed by atoms with Crippen LogP contribution in [0.1, 0.15) is 49.3 Å². The van der Waals surface area contributed by atoms with E-state index in [9.17, 15) is 13.2 Å². The van der Waals surface area contributed by atoms with Crippen molar-refractivity contribution in [1.82, 2.24) is 25.0 Å². The molecule has 0 aliphatic heterocycles. The first kappa shape index (κ1) is 30.2. The second kappa shape index (κ2) is 12.9. The monoisotopic (exact) mass is 600 g/mol. The van der Waals surface area contributed by atoms with Crippen molar-refractivity contribution in [2.45, 2.75) is 57.4 Å². The summed E-state index contributed by atoms with van der Waals surface area (Å²) in [6.07, 6.45) is -1.24. The minimum absolute atomic E-state index is 0.231. The quantitative estimate of drug-likeness (QED) is 0.201. The molecular weight excluding hydrogens is 565 g/mol. The van der Waals surface area contributed by atoms with Crippen LogP contribution < -0.4 is 23.8 Å². The van der Waals surface area contributed by atoms with Gasteiger partial charge < -0.3 is 23.8 Å². The van der Waals surface area contributed by atoms with Gasteiger partial charge in [0, 0.05) is 42.8 Å². The standard InChI is InChI=1S/C30H35F3N6O4/c1-40-23-10-8-20(25(13-23)42-3)16-38(17-21-9-11-24(41-2)14-26(21)43-4)28-27-29(35-18-34-28)39(37-36-27)22-7-5-6-19(12-22)15-30(31,32)33/h8-11,13-14,18-19,22H,5-7,12,15-17H2,1-4H3. The van der Waals surface area contributed by atoms with Gasteiger partial charge >= 0.3 is 6.18 Å². The molecule has 2 aromatic heterocycles. The van der Waals surface area contributed by atoms with Crippen molar-refractivity contribution in [3.8, 4) is 23.0 Å². The molecule has 2 aromatic carbocycles. The molecule has 2 heterocycles. The number of anilines is 1. The molecule has 0 spiro atoms. The Balaban J connectivity index is 1.54. The van der Waals surface area contributed by atoms with Crippen LogP contribution in [0.3, 0.4) is 0 Å². The summed E-state index contributed by atoms with van der Waals surface area (Å²) in [5, 5.41) is 8.85. The van der Waals surface area contributed by atoms with Crippen LogP contribution in [0.4, 0.5) is 19.0 Å². The lowest BCUT2D eigenvalue weighted by Gasteiger charge is -2.29. The Morgan fingerprint density at radius 3 is 2.05 bits per heavy atom. The van der Waals surface area contributed by atoms with E-state index < -0.39 is 18.5 Å². The zero-order chi connectivity index (χ0) is 30.6. The minimum Gasteiger partial charge on any atom is -0.497 e. The molecule has 5 rings (SSSR count). The Morgan fingerprint density at radius 1 is 0.860 bits per heavy atom. The van der Waals surface area contributed by atoms with Gasteiger partial charge in [-0.1, -0.05) is 11.6 Å². The van der Waals surface area contributed by atoms with Crippen molar-refractivity contribution < 1.29 is 32.1 Å². The maximum absolute atomic E-state index is 13.2. The molecule has 43 heavy (non-hydrogen) atoms. The number of hydrogen-bond donors (Lipinski definition) is 0. The molecule has 1 aliphatic carbocycles. The van der Waals surface area contributed by atoms with Crippen LogP contribution in [0.5, 0.6) is 23.0 Å². The van der Waals surface area contributed by atoms with E-state index in [1.165, 1.54) is 6.33 Å². The molecule has 0 N–H and O–H groups in total. The lowest BCUT2D eigenvalue weighted by atomic mass is 9.83. The predicted octanol–water partition coefficient (Wildman–Crippen LogP) is 6.15. The number of alkyl halides is 3. The summed E-state index contributed by atoms with van der Waals surface area (Å²) in [5.74, 6) is 2.66. The van der Waals surface area contributed by atoms with Crippen LogP contribution in [0.15, 0.2) is 42.7 Å². The number of rotatable bonds is 11. The maximum atomic E-state index is 13.2. The molecule has 2 unspecified atom stereocenters. The molecule has 1 saturated carbocycles. The number of halogens is 3. The molecular formula is C30H35F3N6O4. The van der Waals surface area contributed by atoms with Crippen LogP contribution >= 0.6 is 0 Å². The highest BCUT2D eigenvalue weighted by Gasteiger charge is 2.36. The van der Waals surface area contributed by atoms with Gasteiger partial charge in [0.05, 0.1) is 34.5 Å². The highest BCUT2D eigenvalue weighted by Crippen LogP contribution is 2.40. The molecule has 230 valence electrons. The summed E-state index contributed by atoms with van der Waals surface area (Å²) in [4.78, 5) is 11.1. The topological polar surface area (TPSA) is 96.7 Å². The second-order valence-corrected chi connectivity index (χ2v) is 10.6. The van der Waals surface area contributed by atoms with E-state index >= 15 is 0 Å². The maximum Gasteiger partial charge on any atom is 0.389 e. The number of hydrogen-bond acceptors (Lipinski definition) is 9. The summed E-state index contributed by atoms with van der Waals surface area (Å²) in [5.41, 5.74) is 2.69. The van der Waals surface area contributed by atoms with Crippen LogP contribution in [-0.2, 0) is 13.1 Å². The van der Waals surface area contributed by atoms with E-state index in [4.69, 9.17) is 18.9 Å². The third-order valence-electron chi connectivity index (χ3n) is 7.87. The molecule has 10 nitrogen and oxygen atoms in total. The largest absolute Gasteiger partial charge is 0.497 e. The molecule has 0 bridgehead atoms. The molecule has 2 atom stereocenters. The van der Waals surface area contributed by atoms with Gasteiger partial charge in [-0.3, -0.25) is 0 Å². The lowest BCUT2D eigenvalue weighted by Crippen LogP contribution is -2.25. The Labute approximate surface area is 247 Å². The van der Waals surface area contributed by atoms with Gasteiger partial charge in [-0.15, -0.1) is 5.10 Å². The van der Waals surface area contributed by atoms with E-state index in [1.54, 1.807) is 33.1 Å². The fraction of sp³-hybridized carbons (Fsp3) is 0.467. The van der Waals surface area contributed by atoms with Crippen LogP contribution in [0, 0.1) is 5.92 Å². The van der Waals surface area contributed by atoms with Crippen LogP contribution in [0.25, 0.3) is 11.2 Å². The summed E-state index contributed by atoms with van der Waals surface area (Å²) < 4.78 is 63.3. The van der Waals surface area contributed by atoms with E-state index in [0.717, 1.165) is 11.1 Å². The first-order valence-electron chi connectivity index (χ1n) is 14.0.